The van der Waals surface area contributed by atoms with Gasteiger partial charge in [-0.05, 0) is 30.5 Å². The van der Waals surface area contributed by atoms with E-state index in [9.17, 15) is 14.4 Å². The summed E-state index contributed by atoms with van der Waals surface area (Å²) in [6.07, 6.45) is 6.27. The Kier molecular flexibility index (Phi) is 4.60. The zero-order valence-corrected chi connectivity index (χ0v) is 16.9. The molecule has 1 aliphatic carbocycles. The molecule has 5 rings (SSSR count). The Labute approximate surface area is 175 Å². The van der Waals surface area contributed by atoms with Gasteiger partial charge in [-0.25, -0.2) is 4.79 Å². The fourth-order valence-corrected chi connectivity index (χ4v) is 5.18. The lowest BCUT2D eigenvalue weighted by molar-refractivity contribution is -0.141. The van der Waals surface area contributed by atoms with Crippen molar-refractivity contribution in [2.24, 2.45) is 0 Å². The van der Waals surface area contributed by atoms with Crippen molar-refractivity contribution in [3.8, 4) is 0 Å². The Morgan fingerprint density at radius 3 is 2.53 bits per heavy atom. The van der Waals surface area contributed by atoms with Crippen molar-refractivity contribution in [3.63, 3.8) is 0 Å². The molecule has 2 aliphatic heterocycles. The lowest BCUT2D eigenvalue weighted by Gasteiger charge is -2.38. The van der Waals surface area contributed by atoms with Gasteiger partial charge in [-0.1, -0.05) is 49.6 Å². The van der Waals surface area contributed by atoms with E-state index in [0.717, 1.165) is 35.4 Å². The molecule has 1 saturated heterocycles. The predicted molar refractivity (Wildman–Crippen MR) is 110 cm³/mol. The molecule has 7 heteroatoms. The number of aromatic nitrogens is 1. The molecule has 7 nitrogen and oxygen atoms in total. The van der Waals surface area contributed by atoms with Gasteiger partial charge in [0.2, 0.25) is 5.91 Å². The number of fused-ring (bicyclic) bond motifs is 1. The van der Waals surface area contributed by atoms with Crippen molar-refractivity contribution in [2.45, 2.75) is 50.2 Å². The van der Waals surface area contributed by atoms with Crippen LogP contribution >= 0.6 is 0 Å². The highest BCUT2D eigenvalue weighted by Gasteiger charge is 2.52. The maximum absolute atomic E-state index is 13.4. The molecule has 3 heterocycles. The van der Waals surface area contributed by atoms with Crippen LogP contribution in [0.25, 0.3) is 0 Å². The van der Waals surface area contributed by atoms with Gasteiger partial charge in [0, 0.05) is 25.0 Å². The van der Waals surface area contributed by atoms with Gasteiger partial charge in [0.1, 0.15) is 12.1 Å². The van der Waals surface area contributed by atoms with E-state index in [1.54, 1.807) is 4.90 Å². The number of rotatable bonds is 3. The zero-order valence-electron chi connectivity index (χ0n) is 16.9. The molecule has 2 fully saturated rings. The standard InChI is InChI=1S/C23H26N4O3/c28-19(16-27-21(29)23(24-22(27)30)11-5-2-6-12-23)26-15-14-25-13-7-10-18(25)20(26)17-8-3-1-4-9-17/h1,3-4,7-10,13,20H,2,5-6,11-12,14-16H2,(H,24,30)/t20-/m1/s1. The second-order valence-corrected chi connectivity index (χ2v) is 8.49. The second kappa shape index (κ2) is 7.31. The lowest BCUT2D eigenvalue weighted by Crippen LogP contribution is -2.50. The number of imide groups is 1. The van der Waals surface area contributed by atoms with E-state index in [2.05, 4.69) is 9.88 Å². The maximum atomic E-state index is 13.4. The monoisotopic (exact) mass is 406 g/mol. The number of carbonyl (C=O) groups is 3. The number of nitrogens with one attached hydrogen (secondary N) is 1. The number of hydrogen-bond acceptors (Lipinski definition) is 3. The van der Waals surface area contributed by atoms with Crippen LogP contribution in [0.1, 0.15) is 49.4 Å². The van der Waals surface area contributed by atoms with E-state index in [4.69, 9.17) is 0 Å². The number of urea groups is 1. The summed E-state index contributed by atoms with van der Waals surface area (Å²) in [6, 6.07) is 13.3. The molecule has 0 bridgehead atoms. The first-order valence-electron chi connectivity index (χ1n) is 10.7. The van der Waals surface area contributed by atoms with Crippen molar-refractivity contribution in [1.82, 2.24) is 19.7 Å². The molecule has 1 atom stereocenters. The van der Waals surface area contributed by atoms with Gasteiger partial charge in [0.15, 0.2) is 0 Å². The first kappa shape index (κ1) is 18.9. The van der Waals surface area contributed by atoms with Crippen LogP contribution in [0, 0.1) is 0 Å². The topological polar surface area (TPSA) is 74.7 Å². The van der Waals surface area contributed by atoms with E-state index in [1.165, 1.54) is 0 Å². The third kappa shape index (κ3) is 3.00. The minimum Gasteiger partial charge on any atom is -0.348 e. The summed E-state index contributed by atoms with van der Waals surface area (Å²) in [7, 11) is 0. The minimum atomic E-state index is -0.801. The molecule has 4 amide bonds. The highest BCUT2D eigenvalue weighted by Crippen LogP contribution is 2.35. The molecule has 156 valence electrons. The van der Waals surface area contributed by atoms with E-state index in [1.807, 2.05) is 48.7 Å². The average Bonchev–Trinajstić information content (AvgIpc) is 3.33. The normalized spacial score (nSPS) is 22.9. The van der Waals surface area contributed by atoms with E-state index in [0.29, 0.717) is 25.9 Å². The summed E-state index contributed by atoms with van der Waals surface area (Å²) in [4.78, 5) is 42.0. The Balaban J connectivity index is 1.40. The summed E-state index contributed by atoms with van der Waals surface area (Å²) in [6.45, 7) is 1.02. The Morgan fingerprint density at radius 1 is 1.00 bits per heavy atom. The van der Waals surface area contributed by atoms with E-state index in [-0.39, 0.29) is 24.4 Å². The van der Waals surface area contributed by atoms with Crippen LogP contribution in [0.2, 0.25) is 0 Å². The quantitative estimate of drug-likeness (QED) is 0.797. The van der Waals surface area contributed by atoms with Crippen LogP contribution in [-0.4, -0.2) is 50.8 Å². The first-order chi connectivity index (χ1) is 14.6. The van der Waals surface area contributed by atoms with Gasteiger partial charge in [-0.3, -0.25) is 14.5 Å². The summed E-state index contributed by atoms with van der Waals surface area (Å²) >= 11 is 0. The first-order valence-corrected chi connectivity index (χ1v) is 10.7. The molecule has 1 spiro atoms. The third-order valence-corrected chi connectivity index (χ3v) is 6.72. The molecule has 0 radical (unpaired) electrons. The number of carbonyl (C=O) groups excluding carboxylic acids is 3. The molecule has 1 aromatic carbocycles. The fraction of sp³-hybridized carbons (Fsp3) is 0.435. The molecular formula is C23H26N4O3. The largest absolute Gasteiger partial charge is 0.348 e. The van der Waals surface area contributed by atoms with Crippen LogP contribution in [0.5, 0.6) is 0 Å². The molecule has 3 aliphatic rings. The van der Waals surface area contributed by atoms with Gasteiger partial charge < -0.3 is 14.8 Å². The van der Waals surface area contributed by atoms with Gasteiger partial charge in [0.05, 0.1) is 6.04 Å². The number of hydrogen-bond donors (Lipinski definition) is 1. The molecular weight excluding hydrogens is 380 g/mol. The van der Waals surface area contributed by atoms with Crippen LogP contribution in [0.15, 0.2) is 48.7 Å². The van der Waals surface area contributed by atoms with Gasteiger partial charge >= 0.3 is 6.03 Å². The van der Waals surface area contributed by atoms with E-state index >= 15 is 0 Å². The molecule has 1 N–H and O–H groups in total. The predicted octanol–water partition coefficient (Wildman–Crippen LogP) is 2.67. The maximum Gasteiger partial charge on any atom is 0.325 e. The molecule has 0 unspecified atom stereocenters. The van der Waals surface area contributed by atoms with E-state index < -0.39 is 11.6 Å². The van der Waals surface area contributed by atoms with Crippen molar-refractivity contribution < 1.29 is 14.4 Å². The third-order valence-electron chi connectivity index (χ3n) is 6.72. The molecule has 30 heavy (non-hydrogen) atoms. The summed E-state index contributed by atoms with van der Waals surface area (Å²) in [5.41, 5.74) is 1.26. The summed E-state index contributed by atoms with van der Waals surface area (Å²) in [5.74, 6) is -0.440. The average molecular weight is 406 g/mol. The van der Waals surface area contributed by atoms with Crippen molar-refractivity contribution in [1.29, 1.82) is 0 Å². The summed E-state index contributed by atoms with van der Waals surface area (Å²) in [5, 5.41) is 2.89. The lowest BCUT2D eigenvalue weighted by atomic mass is 9.82. The Hall–Kier alpha value is -3.09. The smallest absolute Gasteiger partial charge is 0.325 e. The highest BCUT2D eigenvalue weighted by atomic mass is 16.2. The molecule has 1 saturated carbocycles. The number of amides is 4. The number of benzene rings is 1. The van der Waals surface area contributed by atoms with Gasteiger partial charge in [-0.2, -0.15) is 0 Å². The highest BCUT2D eigenvalue weighted by molar-refractivity contribution is 6.09. The number of nitrogens with zero attached hydrogens (tertiary/aromatic N) is 3. The Morgan fingerprint density at radius 2 is 1.77 bits per heavy atom. The van der Waals surface area contributed by atoms with Crippen molar-refractivity contribution >= 4 is 17.8 Å². The molecule has 1 aromatic heterocycles. The van der Waals surface area contributed by atoms with Crippen LogP contribution in [0.3, 0.4) is 0 Å². The molecule has 2 aromatic rings. The SMILES string of the molecule is O=C1NC2(CCCCC2)C(=O)N1CC(=O)N1CCn2cccc2[C@H]1c1ccccc1. The summed E-state index contributed by atoms with van der Waals surface area (Å²) < 4.78 is 2.16. The Bertz CT molecular complexity index is 977. The second-order valence-electron chi connectivity index (χ2n) is 8.49. The minimum absolute atomic E-state index is 0.201. The van der Waals surface area contributed by atoms with Crippen molar-refractivity contribution in [3.05, 3.63) is 59.9 Å². The van der Waals surface area contributed by atoms with Crippen LogP contribution in [-0.2, 0) is 16.1 Å². The van der Waals surface area contributed by atoms with Crippen molar-refractivity contribution in [2.75, 3.05) is 13.1 Å². The van der Waals surface area contributed by atoms with Crippen LogP contribution < -0.4 is 5.32 Å². The van der Waals surface area contributed by atoms with Gasteiger partial charge in [-0.15, -0.1) is 0 Å². The fourth-order valence-electron chi connectivity index (χ4n) is 5.18. The zero-order chi connectivity index (χ0) is 20.7. The van der Waals surface area contributed by atoms with Crippen LogP contribution in [0.4, 0.5) is 4.79 Å². The van der Waals surface area contributed by atoms with Gasteiger partial charge in [0.25, 0.3) is 5.91 Å².